The van der Waals surface area contributed by atoms with Gasteiger partial charge in [-0.15, -0.1) is 11.3 Å². The maximum atomic E-state index is 5.27. The van der Waals surface area contributed by atoms with Crippen molar-refractivity contribution in [1.82, 2.24) is 19.5 Å². The maximum absolute atomic E-state index is 5.27. The quantitative estimate of drug-likeness (QED) is 0.130. The Bertz CT molecular complexity index is 5090. The van der Waals surface area contributed by atoms with E-state index >= 15 is 0 Å². The minimum absolute atomic E-state index is 0.613. The lowest BCUT2D eigenvalue weighted by Crippen LogP contribution is -2.01. The Kier molecular flexibility index (Phi) is 12.7. The molecule has 0 aliphatic heterocycles. The van der Waals surface area contributed by atoms with Crippen LogP contribution >= 0.6 is 11.3 Å². The molecule has 86 heavy (non-hydrogen) atoms. The summed E-state index contributed by atoms with van der Waals surface area (Å²) in [6.07, 6.45) is 0. The van der Waals surface area contributed by atoms with Gasteiger partial charge in [-0.2, -0.15) is 0 Å². The zero-order chi connectivity index (χ0) is 56.9. The van der Waals surface area contributed by atoms with E-state index in [-0.39, 0.29) is 0 Å². The molecule has 0 unspecified atom stereocenters. The second kappa shape index (κ2) is 21.6. The van der Waals surface area contributed by atoms with Crippen LogP contribution in [0, 0.1) is 0 Å². The van der Waals surface area contributed by atoms with E-state index in [0.29, 0.717) is 17.5 Å². The van der Waals surface area contributed by atoms with Crippen molar-refractivity contribution in [3.8, 4) is 118 Å². The Hall–Kier alpha value is -11.1. The lowest BCUT2D eigenvalue weighted by Gasteiger charge is -2.17. The van der Waals surface area contributed by atoms with Gasteiger partial charge in [0.05, 0.1) is 11.0 Å². The number of para-hydroxylation sites is 2. The molecule has 3 aromatic heterocycles. The molecule has 5 heteroatoms. The number of nitrogens with zero attached hydrogens (tertiary/aromatic N) is 4. The summed E-state index contributed by atoms with van der Waals surface area (Å²) in [5.41, 5.74) is 22.5. The van der Waals surface area contributed by atoms with Gasteiger partial charge in [0.2, 0.25) is 0 Å². The maximum Gasteiger partial charge on any atom is 0.164 e. The first kappa shape index (κ1) is 50.6. The van der Waals surface area contributed by atoms with Crippen molar-refractivity contribution in [1.29, 1.82) is 0 Å². The third-order valence-corrected chi connectivity index (χ3v) is 18.0. The van der Waals surface area contributed by atoms with Gasteiger partial charge >= 0.3 is 0 Å². The molecular formula is C81H52N4S. The first-order valence-corrected chi connectivity index (χ1v) is 30.0. The number of fused-ring (bicyclic) bond motifs is 7. The fourth-order valence-electron chi connectivity index (χ4n) is 12.8. The van der Waals surface area contributed by atoms with E-state index in [4.69, 9.17) is 15.0 Å². The summed E-state index contributed by atoms with van der Waals surface area (Å²) in [5.74, 6) is 1.86. The van der Waals surface area contributed by atoms with Crippen molar-refractivity contribution in [3.05, 3.63) is 315 Å². The Balaban J connectivity index is 0.936. The molecule has 0 atom stereocenters. The van der Waals surface area contributed by atoms with E-state index in [9.17, 15) is 0 Å². The van der Waals surface area contributed by atoms with E-state index in [1.165, 1.54) is 92.1 Å². The molecule has 16 aromatic rings. The lowest BCUT2D eigenvalue weighted by molar-refractivity contribution is 1.07. The molecule has 402 valence electrons. The molecule has 0 aliphatic rings. The molecule has 0 N–H and O–H groups in total. The van der Waals surface area contributed by atoms with Gasteiger partial charge < -0.3 is 4.57 Å². The van der Waals surface area contributed by atoms with Crippen LogP contribution in [0.1, 0.15) is 0 Å². The highest BCUT2D eigenvalue weighted by molar-refractivity contribution is 7.27. The van der Waals surface area contributed by atoms with E-state index < -0.39 is 0 Å². The van der Waals surface area contributed by atoms with Crippen LogP contribution in [0.4, 0.5) is 0 Å². The van der Waals surface area contributed by atoms with Gasteiger partial charge in [-0.1, -0.05) is 273 Å². The molecule has 3 heterocycles. The van der Waals surface area contributed by atoms with Crippen molar-refractivity contribution < 1.29 is 0 Å². The van der Waals surface area contributed by atoms with Gasteiger partial charge in [0.15, 0.2) is 17.5 Å². The highest BCUT2D eigenvalue weighted by Crippen LogP contribution is 2.52. The van der Waals surface area contributed by atoms with Crippen LogP contribution in [-0.2, 0) is 0 Å². The van der Waals surface area contributed by atoms with Crippen LogP contribution < -0.4 is 0 Å². The number of benzene rings is 13. The number of thiophene rings is 1. The number of hydrogen-bond acceptors (Lipinski definition) is 4. The third-order valence-electron chi connectivity index (χ3n) is 16.7. The molecule has 0 radical (unpaired) electrons. The van der Waals surface area contributed by atoms with Crippen LogP contribution in [0.15, 0.2) is 315 Å². The normalized spacial score (nSPS) is 11.5. The fourth-order valence-corrected chi connectivity index (χ4v) is 14.1. The second-order valence-electron chi connectivity index (χ2n) is 21.7. The van der Waals surface area contributed by atoms with E-state index in [0.717, 1.165) is 50.1 Å². The molecule has 16 rings (SSSR count). The Labute approximate surface area is 503 Å². The standard InChI is InChI=1S/C81H52N4S/c1-6-27-53(28-7-1)57-49-58(54-29-8-2-9-30-54)51-59(50-57)61-37-16-17-38-62(61)63-39-18-20-41-65(63)69-46-26-47-71-75-76-72(68-44-24-25-48-74(68)85(76)60-35-14-5-15-36-60)52-73(78(75)86-77(69)71)67-43-21-19-40-64(67)66-42-22-23-45-70(66)81-83-79(55-31-10-3-11-32-55)82-80(84-81)56-33-12-4-13-34-56/h1-52H. The van der Waals surface area contributed by atoms with Crippen molar-refractivity contribution in [2.24, 2.45) is 0 Å². The van der Waals surface area contributed by atoms with Crippen molar-refractivity contribution in [3.63, 3.8) is 0 Å². The molecule has 0 saturated carbocycles. The van der Waals surface area contributed by atoms with Gasteiger partial charge in [0, 0.05) is 64.4 Å². The number of rotatable bonds is 11. The van der Waals surface area contributed by atoms with Gasteiger partial charge in [-0.05, 0) is 109 Å². The average molecular weight is 1110 g/mol. The van der Waals surface area contributed by atoms with E-state index in [2.05, 4.69) is 284 Å². The minimum Gasteiger partial charge on any atom is -0.309 e. The summed E-state index contributed by atoms with van der Waals surface area (Å²) in [5, 5.41) is 4.83. The van der Waals surface area contributed by atoms with E-state index in [1.807, 2.05) is 47.7 Å². The smallest absolute Gasteiger partial charge is 0.164 e. The van der Waals surface area contributed by atoms with Crippen LogP contribution in [-0.4, -0.2) is 19.5 Å². The highest BCUT2D eigenvalue weighted by Gasteiger charge is 2.26. The largest absolute Gasteiger partial charge is 0.309 e. The predicted molar refractivity (Wildman–Crippen MR) is 361 cm³/mol. The molecule has 0 fully saturated rings. The molecule has 13 aromatic carbocycles. The Morgan fingerprint density at radius 3 is 1.17 bits per heavy atom. The second-order valence-corrected chi connectivity index (χ2v) is 22.8. The average Bonchev–Trinajstić information content (AvgIpc) is 1.66. The van der Waals surface area contributed by atoms with Gasteiger partial charge in [0.25, 0.3) is 0 Å². The number of hydrogen-bond donors (Lipinski definition) is 0. The SMILES string of the molecule is c1ccc(-c2cc(-c3ccccc3)cc(-c3ccccc3-c3ccccc3-c3cccc4c3sc3c(-c5ccccc5-c5ccccc5-c5nc(-c6ccccc6)nc(-c6ccccc6)n5)cc5c6ccccc6n(-c6ccccc6)c5c34)c2)cc1. The molecule has 0 bridgehead atoms. The van der Waals surface area contributed by atoms with Crippen LogP contribution in [0.25, 0.3) is 160 Å². The topological polar surface area (TPSA) is 43.6 Å². The Morgan fingerprint density at radius 1 is 0.233 bits per heavy atom. The first-order chi connectivity index (χ1) is 42.7. The lowest BCUT2D eigenvalue weighted by atomic mass is 9.87. The molecule has 4 nitrogen and oxygen atoms in total. The molecule has 0 aliphatic carbocycles. The third kappa shape index (κ3) is 8.89. The zero-order valence-corrected chi connectivity index (χ0v) is 47.5. The van der Waals surface area contributed by atoms with Gasteiger partial charge in [0.1, 0.15) is 0 Å². The monoisotopic (exact) mass is 1110 g/mol. The molecule has 0 saturated heterocycles. The van der Waals surface area contributed by atoms with Crippen molar-refractivity contribution in [2.75, 3.05) is 0 Å². The van der Waals surface area contributed by atoms with Crippen molar-refractivity contribution >= 4 is 53.3 Å². The van der Waals surface area contributed by atoms with Gasteiger partial charge in [-0.3, -0.25) is 0 Å². The van der Waals surface area contributed by atoms with Crippen LogP contribution in [0.5, 0.6) is 0 Å². The van der Waals surface area contributed by atoms with Gasteiger partial charge in [-0.25, -0.2) is 15.0 Å². The predicted octanol–water partition coefficient (Wildman–Crippen LogP) is 22.0. The van der Waals surface area contributed by atoms with Crippen LogP contribution in [0.3, 0.4) is 0 Å². The van der Waals surface area contributed by atoms with Crippen LogP contribution in [0.2, 0.25) is 0 Å². The minimum atomic E-state index is 0.613. The van der Waals surface area contributed by atoms with E-state index in [1.54, 1.807) is 0 Å². The molecule has 0 amide bonds. The highest BCUT2D eigenvalue weighted by atomic mass is 32.1. The molecule has 0 spiro atoms. The van der Waals surface area contributed by atoms with Crippen molar-refractivity contribution in [2.45, 2.75) is 0 Å². The fraction of sp³-hybridized carbons (Fsp3) is 0. The summed E-state index contributed by atoms with van der Waals surface area (Å²) in [4.78, 5) is 15.6. The summed E-state index contributed by atoms with van der Waals surface area (Å²) >= 11 is 1.89. The summed E-state index contributed by atoms with van der Waals surface area (Å²) in [7, 11) is 0. The summed E-state index contributed by atoms with van der Waals surface area (Å²) in [6, 6.07) is 114. The first-order valence-electron chi connectivity index (χ1n) is 29.2. The zero-order valence-electron chi connectivity index (χ0n) is 46.7. The summed E-state index contributed by atoms with van der Waals surface area (Å²) < 4.78 is 4.93. The summed E-state index contributed by atoms with van der Waals surface area (Å²) in [6.45, 7) is 0. The number of aromatic nitrogens is 4. The Morgan fingerprint density at radius 2 is 0.616 bits per heavy atom. The molecular weight excluding hydrogens is 1060 g/mol.